The Morgan fingerprint density at radius 3 is 2.33 bits per heavy atom. The van der Waals surface area contributed by atoms with Crippen molar-refractivity contribution in [2.75, 3.05) is 0 Å². The van der Waals surface area contributed by atoms with Crippen LogP contribution in [-0.4, -0.2) is 127 Å². The van der Waals surface area contributed by atoms with E-state index in [1.54, 1.807) is 56.4 Å². The number of nitrogens with two attached hydrogens (primary N) is 1. The highest BCUT2D eigenvalue weighted by Crippen LogP contribution is 2.38. The van der Waals surface area contributed by atoms with Crippen LogP contribution in [0.5, 0.6) is 0 Å². The van der Waals surface area contributed by atoms with Gasteiger partial charge in [0, 0.05) is 38.5 Å². The third-order valence-electron chi connectivity index (χ3n) is 10.2. The zero-order valence-corrected chi connectivity index (χ0v) is 31.5. The molecule has 3 rings (SSSR count). The Kier molecular flexibility index (Phi) is 18.6. The maximum absolute atomic E-state index is 13.0. The summed E-state index contributed by atoms with van der Waals surface area (Å²) in [6, 6.07) is -1.10. The summed E-state index contributed by atoms with van der Waals surface area (Å²) < 4.78 is 23.4. The van der Waals surface area contributed by atoms with Gasteiger partial charge in [0.05, 0.1) is 54.7 Å². The second-order valence-corrected chi connectivity index (χ2v) is 14.7. The highest BCUT2D eigenvalue weighted by molar-refractivity contribution is 5.80. The van der Waals surface area contributed by atoms with Crippen LogP contribution in [0.1, 0.15) is 91.4 Å². The molecular weight excluding hydrogens is 706 g/mol. The molecule has 0 aromatic carbocycles. The number of ether oxygens (including phenoxy) is 4. The van der Waals surface area contributed by atoms with E-state index < -0.39 is 110 Å². The second kappa shape index (κ2) is 22.0. The van der Waals surface area contributed by atoms with E-state index in [2.05, 4.69) is 0 Å². The number of carbonyl (C=O) groups excluding carboxylic acids is 2. The SMILES string of the molecule is CCC[C@@H]1C/C=C/C=C\C=C\C=C\[C@H](O[C@@H]2O[C@H](C)[C@@H](O)[C@H](N)[C@@H]2O)C[C@@H]2O[C@](O)(C[C@@H](O)CCCC(=O)C[C@@H](O)[C@H](CC)C(=O)O1)C[C@H](O)[C@H]2C(=O)O. The lowest BCUT2D eigenvalue weighted by Gasteiger charge is -2.45. The van der Waals surface area contributed by atoms with Gasteiger partial charge in [0.1, 0.15) is 23.9 Å². The van der Waals surface area contributed by atoms with Crippen molar-refractivity contribution in [2.24, 2.45) is 17.6 Å². The molecule has 2 bridgehead atoms. The van der Waals surface area contributed by atoms with Crippen LogP contribution in [0.25, 0.3) is 0 Å². The molecule has 2 fully saturated rings. The number of hydrogen-bond donors (Lipinski definition) is 8. The number of carboxylic acid groups (broad SMARTS) is 1. The van der Waals surface area contributed by atoms with Gasteiger partial charge in [0.25, 0.3) is 0 Å². The Bertz CT molecular complexity index is 1320. The molecule has 0 aromatic rings. The fourth-order valence-electron chi connectivity index (χ4n) is 7.15. The van der Waals surface area contributed by atoms with Gasteiger partial charge >= 0.3 is 11.9 Å². The zero-order chi connectivity index (χ0) is 40.0. The van der Waals surface area contributed by atoms with Gasteiger partial charge in [-0.25, -0.2) is 0 Å². The van der Waals surface area contributed by atoms with Crippen molar-refractivity contribution in [2.45, 2.75) is 164 Å². The maximum atomic E-state index is 13.0. The van der Waals surface area contributed by atoms with E-state index in [9.17, 15) is 50.1 Å². The first kappa shape index (κ1) is 45.6. The van der Waals surface area contributed by atoms with Crippen LogP contribution in [0.15, 0.2) is 48.6 Å². The number of ketones is 1. The number of esters is 1. The minimum Gasteiger partial charge on any atom is -0.481 e. The summed E-state index contributed by atoms with van der Waals surface area (Å²) in [7, 11) is 0. The van der Waals surface area contributed by atoms with Gasteiger partial charge in [-0.2, -0.15) is 0 Å². The number of rotatable bonds is 6. The van der Waals surface area contributed by atoms with Crippen molar-refractivity contribution in [3.8, 4) is 0 Å². The summed E-state index contributed by atoms with van der Waals surface area (Å²) in [6.45, 7) is 5.27. The quantitative estimate of drug-likeness (QED) is 0.179. The summed E-state index contributed by atoms with van der Waals surface area (Å²) in [5.74, 6) is -6.81. The molecule has 0 spiro atoms. The Morgan fingerprint density at radius 2 is 1.67 bits per heavy atom. The maximum Gasteiger partial charge on any atom is 0.311 e. The zero-order valence-electron chi connectivity index (χ0n) is 31.5. The largest absolute Gasteiger partial charge is 0.481 e. The van der Waals surface area contributed by atoms with Crippen LogP contribution in [0.2, 0.25) is 0 Å². The molecule has 0 unspecified atom stereocenters. The number of aliphatic hydroxyl groups excluding tert-OH is 5. The average molecular weight is 768 g/mol. The third kappa shape index (κ3) is 13.7. The van der Waals surface area contributed by atoms with Gasteiger partial charge in [-0.1, -0.05) is 68.9 Å². The second-order valence-electron chi connectivity index (χ2n) is 14.7. The number of cyclic esters (lactones) is 1. The molecule has 2 saturated heterocycles. The molecule has 9 N–H and O–H groups in total. The van der Waals surface area contributed by atoms with Crippen molar-refractivity contribution in [3.05, 3.63) is 48.6 Å². The predicted octanol–water partition coefficient (Wildman–Crippen LogP) is 1.70. The minimum atomic E-state index is -2.15. The Morgan fingerprint density at radius 1 is 0.981 bits per heavy atom. The normalized spacial score (nSPS) is 42.3. The van der Waals surface area contributed by atoms with Gasteiger partial charge in [-0.05, 0) is 32.6 Å². The van der Waals surface area contributed by atoms with Crippen LogP contribution >= 0.6 is 0 Å². The Hall–Kier alpha value is -2.83. The summed E-state index contributed by atoms with van der Waals surface area (Å²) in [6.07, 6.45) is 2.99. The molecule has 15 nitrogen and oxygen atoms in total. The first-order chi connectivity index (χ1) is 25.6. The summed E-state index contributed by atoms with van der Waals surface area (Å²) in [4.78, 5) is 38.2. The van der Waals surface area contributed by atoms with E-state index in [0.717, 1.165) is 6.42 Å². The van der Waals surface area contributed by atoms with Crippen molar-refractivity contribution in [1.82, 2.24) is 0 Å². The van der Waals surface area contributed by atoms with E-state index in [1.807, 2.05) is 13.0 Å². The molecule has 15 heteroatoms. The van der Waals surface area contributed by atoms with Gasteiger partial charge in [-0.15, -0.1) is 0 Å². The van der Waals surface area contributed by atoms with Crippen molar-refractivity contribution >= 4 is 17.7 Å². The van der Waals surface area contributed by atoms with Gasteiger partial charge in [0.2, 0.25) is 0 Å². The first-order valence-electron chi connectivity index (χ1n) is 19.1. The molecule has 0 aliphatic carbocycles. The molecular formula is C39H61NO14. The number of carbonyl (C=O) groups is 3. The van der Waals surface area contributed by atoms with E-state index in [4.69, 9.17) is 24.7 Å². The van der Waals surface area contributed by atoms with E-state index >= 15 is 0 Å². The van der Waals surface area contributed by atoms with Crippen molar-refractivity contribution < 1.29 is 69.1 Å². The molecule has 0 amide bonds. The summed E-state index contributed by atoms with van der Waals surface area (Å²) in [5, 5.41) is 75.1. The number of aliphatic carboxylic acids is 1. The smallest absolute Gasteiger partial charge is 0.311 e. The van der Waals surface area contributed by atoms with Gasteiger partial charge < -0.3 is 60.4 Å². The Labute approximate surface area is 317 Å². The molecule has 14 atom stereocenters. The van der Waals surface area contributed by atoms with Gasteiger partial charge in [0.15, 0.2) is 12.1 Å². The number of fused-ring (bicyclic) bond motifs is 2. The van der Waals surface area contributed by atoms with Crippen molar-refractivity contribution in [1.29, 1.82) is 0 Å². The number of Topliss-reactive ketones (excluding diaryl/α,β-unsaturated/α-hetero) is 1. The first-order valence-corrected chi connectivity index (χ1v) is 19.1. The van der Waals surface area contributed by atoms with Crippen LogP contribution in [0, 0.1) is 11.8 Å². The molecule has 0 aromatic heterocycles. The monoisotopic (exact) mass is 767 g/mol. The van der Waals surface area contributed by atoms with Crippen LogP contribution in [0.4, 0.5) is 0 Å². The molecule has 54 heavy (non-hydrogen) atoms. The summed E-state index contributed by atoms with van der Waals surface area (Å²) >= 11 is 0. The highest BCUT2D eigenvalue weighted by Gasteiger charge is 2.50. The lowest BCUT2D eigenvalue weighted by atomic mass is 9.83. The van der Waals surface area contributed by atoms with E-state index in [1.165, 1.54) is 0 Å². The number of allylic oxidation sites excluding steroid dienone is 6. The number of carboxylic acids is 1. The van der Waals surface area contributed by atoms with Gasteiger partial charge in [-0.3, -0.25) is 14.4 Å². The third-order valence-corrected chi connectivity index (χ3v) is 10.2. The minimum absolute atomic E-state index is 0.0177. The summed E-state index contributed by atoms with van der Waals surface area (Å²) in [5.41, 5.74) is 6.00. The topological polar surface area (TPSA) is 256 Å². The molecule has 3 aliphatic rings. The van der Waals surface area contributed by atoms with Crippen LogP contribution in [0.3, 0.4) is 0 Å². The fourth-order valence-corrected chi connectivity index (χ4v) is 7.15. The molecule has 3 heterocycles. The van der Waals surface area contributed by atoms with Crippen molar-refractivity contribution in [3.63, 3.8) is 0 Å². The van der Waals surface area contributed by atoms with Crippen LogP contribution in [-0.2, 0) is 33.3 Å². The van der Waals surface area contributed by atoms with E-state index in [0.29, 0.717) is 12.8 Å². The standard InChI is InChI=1S/C39H61NO14/c1-4-14-26-17-11-9-7-6-8-10-12-18-27(53-38-35(46)33(40)34(45)23(3)51-38)20-31-32(36(47)48)30(44)22-39(50,54-31)21-25(42)16-13-15-24(41)19-29(43)28(5-2)37(49)52-26/h6-12,18,23,25-35,38,42-46,50H,4-5,13-17,19-22,40H2,1-3H3,(H,47,48)/b7-6-,10-8+,11-9+,18-12+/t23-,25+,26-,27+,28+,29-,30+,31+,32-,33+,34-,35+,38+,39-/m1/s1. The lowest BCUT2D eigenvalue weighted by Crippen LogP contribution is -2.61. The Balaban J connectivity index is 1.90. The number of hydrogen-bond acceptors (Lipinski definition) is 14. The number of aliphatic hydroxyl groups is 6. The lowest BCUT2D eigenvalue weighted by molar-refractivity contribution is -0.308. The van der Waals surface area contributed by atoms with E-state index in [-0.39, 0.29) is 44.3 Å². The fraction of sp³-hybridized carbons (Fsp3) is 0.718. The molecule has 0 saturated carbocycles. The average Bonchev–Trinajstić information content (AvgIpc) is 3.08. The molecule has 3 aliphatic heterocycles. The molecule has 0 radical (unpaired) electrons. The molecule has 306 valence electrons. The van der Waals surface area contributed by atoms with Crippen LogP contribution < -0.4 is 5.73 Å². The highest BCUT2D eigenvalue weighted by atomic mass is 16.7. The predicted molar refractivity (Wildman–Crippen MR) is 195 cm³/mol.